The number of ether oxygens (including phenoxy) is 1. The highest BCUT2D eigenvalue weighted by Crippen LogP contribution is 2.18. The van der Waals surface area contributed by atoms with Crippen LogP contribution in [0.5, 0.6) is 5.75 Å². The van der Waals surface area contributed by atoms with Gasteiger partial charge in [0.25, 0.3) is 12.4 Å². The summed E-state index contributed by atoms with van der Waals surface area (Å²) in [5.74, 6) is 0.157. The Bertz CT molecular complexity index is 1320. The van der Waals surface area contributed by atoms with Crippen molar-refractivity contribution < 1.29 is 34.2 Å². The van der Waals surface area contributed by atoms with Crippen molar-refractivity contribution in [3.63, 3.8) is 0 Å². The first-order valence-corrected chi connectivity index (χ1v) is 14.7. The zero-order chi connectivity index (χ0) is 32.1. The fraction of sp³-hybridized carbons (Fsp3) is 0.382. The molecule has 0 aliphatic carbocycles. The van der Waals surface area contributed by atoms with Crippen molar-refractivity contribution in [1.29, 1.82) is 0 Å². The van der Waals surface area contributed by atoms with Gasteiger partial charge in [-0.25, -0.2) is 0 Å². The minimum absolute atomic E-state index is 0.0462. The van der Waals surface area contributed by atoms with E-state index in [0.717, 1.165) is 16.8 Å². The lowest BCUT2D eigenvalue weighted by molar-refractivity contribution is -0.145. The highest BCUT2D eigenvalue weighted by atomic mass is 16.7. The van der Waals surface area contributed by atoms with Gasteiger partial charge in [-0.2, -0.15) is 0 Å². The molecule has 3 aromatic carbocycles. The fourth-order valence-electron chi connectivity index (χ4n) is 4.68. The molecule has 10 nitrogen and oxygen atoms in total. The first-order chi connectivity index (χ1) is 21.1. The molecule has 44 heavy (non-hydrogen) atoms. The van der Waals surface area contributed by atoms with Crippen LogP contribution in [-0.4, -0.2) is 78.4 Å². The Hall–Kier alpha value is -4.25. The Balaban J connectivity index is 1.77. The molecule has 0 bridgehead atoms. The zero-order valence-electron chi connectivity index (χ0n) is 25.8. The number of hydroxylamine groups is 2. The molecule has 0 aliphatic heterocycles. The van der Waals surface area contributed by atoms with E-state index in [1.165, 1.54) is 6.92 Å². The predicted octanol–water partition coefficient (Wildman–Crippen LogP) is 3.40. The van der Waals surface area contributed by atoms with Gasteiger partial charge in [-0.15, -0.1) is 5.06 Å². The first-order valence-electron chi connectivity index (χ1n) is 14.7. The van der Waals surface area contributed by atoms with Crippen molar-refractivity contribution in [3.05, 3.63) is 95.6 Å². The Morgan fingerprint density at radius 3 is 2.14 bits per heavy atom. The summed E-state index contributed by atoms with van der Waals surface area (Å²) < 4.78 is 5.20. The maximum atomic E-state index is 13.5. The topological polar surface area (TPSA) is 129 Å². The molecule has 0 saturated carbocycles. The van der Waals surface area contributed by atoms with Crippen LogP contribution in [-0.2, 0) is 27.4 Å². The number of Topliss-reactive ketones (excluding diaryl/α,β-unsaturated/α-hetero) is 1. The summed E-state index contributed by atoms with van der Waals surface area (Å²) in [6, 6.07) is 22.7. The molecule has 3 atom stereocenters. The summed E-state index contributed by atoms with van der Waals surface area (Å²) in [6.07, 6.45) is -1.89. The second-order valence-corrected chi connectivity index (χ2v) is 11.2. The maximum Gasteiger partial charge on any atom is 0.293 e. The van der Waals surface area contributed by atoms with Crippen LogP contribution in [0.4, 0.5) is 5.69 Å². The van der Waals surface area contributed by atoms with E-state index in [1.54, 1.807) is 65.5 Å². The van der Waals surface area contributed by atoms with Crippen molar-refractivity contribution in [1.82, 2.24) is 10.4 Å². The number of benzene rings is 3. The molecule has 0 spiro atoms. The van der Waals surface area contributed by atoms with Gasteiger partial charge in [0, 0.05) is 24.8 Å². The highest BCUT2D eigenvalue weighted by molar-refractivity contribution is 5.94. The number of anilines is 1. The molecule has 1 amide bonds. The molecule has 3 rings (SSSR count). The van der Waals surface area contributed by atoms with Crippen molar-refractivity contribution >= 4 is 23.9 Å². The average molecular weight is 606 g/mol. The number of carbonyl (C=O) groups excluding carboxylic acids is 3. The van der Waals surface area contributed by atoms with E-state index < -0.39 is 24.2 Å². The van der Waals surface area contributed by atoms with Gasteiger partial charge in [0.05, 0.1) is 31.8 Å². The molecule has 0 heterocycles. The number of nitrogens with zero attached hydrogens (tertiary/aromatic N) is 2. The number of hydrogen-bond acceptors (Lipinski definition) is 9. The van der Waals surface area contributed by atoms with Crippen molar-refractivity contribution in [2.45, 2.75) is 52.0 Å². The van der Waals surface area contributed by atoms with Crippen LogP contribution < -0.4 is 15.1 Å². The SMILES string of the molecule is CC(=O)c1ccc(N(C)CC(OC=O)C(=O)NC(Cc2ccccc2)C(O)CN(CC(C)C)Oc2ccc(CO)cc2)cc1. The minimum atomic E-state index is -1.16. The molecule has 0 aromatic heterocycles. The normalized spacial score (nSPS) is 13.2. The fourth-order valence-corrected chi connectivity index (χ4v) is 4.68. The van der Waals surface area contributed by atoms with Crippen LogP contribution in [0, 0.1) is 5.92 Å². The predicted molar refractivity (Wildman–Crippen MR) is 168 cm³/mol. The lowest BCUT2D eigenvalue weighted by atomic mass is 10.0. The second-order valence-electron chi connectivity index (χ2n) is 11.2. The molecule has 3 N–H and O–H groups in total. The lowest BCUT2D eigenvalue weighted by Crippen LogP contribution is -2.54. The standard InChI is InChI=1S/C34H43N3O7/c1-24(2)19-37(44-30-16-10-27(22-38)11-17-30)20-32(41)31(18-26-8-6-5-7-9-26)35-34(42)33(43-23-39)21-36(4)29-14-12-28(13-15-29)25(3)40/h5-17,23-24,31-33,38,41H,18-22H2,1-4H3,(H,35,42). The van der Waals surface area contributed by atoms with Crippen molar-refractivity contribution in [3.8, 4) is 5.75 Å². The second kappa shape index (κ2) is 17.1. The molecule has 0 aliphatic rings. The lowest BCUT2D eigenvalue weighted by Gasteiger charge is -2.32. The number of likely N-dealkylation sites (N-methyl/N-ethyl adjacent to an activating group) is 1. The van der Waals surface area contributed by atoms with Gasteiger partial charge in [-0.1, -0.05) is 56.3 Å². The van der Waals surface area contributed by atoms with E-state index in [9.17, 15) is 24.6 Å². The van der Waals surface area contributed by atoms with Crippen LogP contribution in [0.3, 0.4) is 0 Å². The smallest absolute Gasteiger partial charge is 0.293 e. The third-order valence-corrected chi connectivity index (χ3v) is 7.06. The van der Waals surface area contributed by atoms with Gasteiger partial charge in [-0.05, 0) is 66.8 Å². The Morgan fingerprint density at radius 2 is 1.57 bits per heavy atom. The summed E-state index contributed by atoms with van der Waals surface area (Å²) in [4.78, 5) is 44.4. The summed E-state index contributed by atoms with van der Waals surface area (Å²) in [5, 5.41) is 25.4. The van der Waals surface area contributed by atoms with Gasteiger partial charge >= 0.3 is 0 Å². The van der Waals surface area contributed by atoms with Gasteiger partial charge in [-0.3, -0.25) is 14.4 Å². The number of hydrogen-bond donors (Lipinski definition) is 3. The summed E-state index contributed by atoms with van der Waals surface area (Å²) in [7, 11) is 1.75. The zero-order valence-corrected chi connectivity index (χ0v) is 25.8. The van der Waals surface area contributed by atoms with Crippen LogP contribution in [0.15, 0.2) is 78.9 Å². The number of ketones is 1. The Labute approximate surface area is 259 Å². The maximum absolute atomic E-state index is 13.5. The molecule has 3 unspecified atom stereocenters. The summed E-state index contributed by atoms with van der Waals surface area (Å²) in [6.45, 7) is 6.35. The molecule has 0 radical (unpaired) electrons. The number of nitrogens with one attached hydrogen (secondary N) is 1. The van der Waals surface area contributed by atoms with E-state index in [1.807, 2.05) is 44.2 Å². The van der Waals surface area contributed by atoms with Crippen LogP contribution in [0.2, 0.25) is 0 Å². The number of aliphatic hydroxyl groups is 2. The monoisotopic (exact) mass is 605 g/mol. The summed E-state index contributed by atoms with van der Waals surface area (Å²) >= 11 is 0. The van der Waals surface area contributed by atoms with Gasteiger partial charge < -0.3 is 30.0 Å². The van der Waals surface area contributed by atoms with Crippen LogP contribution in [0.25, 0.3) is 0 Å². The molecular weight excluding hydrogens is 562 g/mol. The van der Waals surface area contributed by atoms with Gasteiger partial charge in [0.15, 0.2) is 11.9 Å². The van der Waals surface area contributed by atoms with E-state index in [-0.39, 0.29) is 37.9 Å². The third kappa shape index (κ3) is 10.8. The molecule has 3 aromatic rings. The Kier molecular flexibility index (Phi) is 13.3. The van der Waals surface area contributed by atoms with E-state index >= 15 is 0 Å². The molecular formula is C34H43N3O7. The van der Waals surface area contributed by atoms with Gasteiger partial charge in [0.1, 0.15) is 5.75 Å². The summed E-state index contributed by atoms with van der Waals surface area (Å²) in [5.41, 5.74) is 2.96. The van der Waals surface area contributed by atoms with Crippen molar-refractivity contribution in [2.24, 2.45) is 5.92 Å². The molecule has 236 valence electrons. The number of aliphatic hydroxyl groups excluding tert-OH is 2. The molecule has 0 fully saturated rings. The average Bonchev–Trinajstić information content (AvgIpc) is 3.01. The quantitative estimate of drug-likeness (QED) is 0.114. The van der Waals surface area contributed by atoms with Crippen LogP contribution >= 0.6 is 0 Å². The van der Waals surface area contributed by atoms with Crippen molar-refractivity contribution in [2.75, 3.05) is 31.6 Å². The van der Waals surface area contributed by atoms with E-state index in [0.29, 0.717) is 24.3 Å². The largest absolute Gasteiger partial charge is 0.453 e. The first kappa shape index (κ1) is 34.2. The van der Waals surface area contributed by atoms with Crippen LogP contribution in [0.1, 0.15) is 42.3 Å². The number of rotatable bonds is 18. The highest BCUT2D eigenvalue weighted by Gasteiger charge is 2.30. The van der Waals surface area contributed by atoms with E-state index in [2.05, 4.69) is 5.32 Å². The molecule has 10 heteroatoms. The van der Waals surface area contributed by atoms with E-state index in [4.69, 9.17) is 9.57 Å². The Morgan fingerprint density at radius 1 is 0.909 bits per heavy atom. The number of amides is 1. The minimum Gasteiger partial charge on any atom is -0.453 e. The van der Waals surface area contributed by atoms with Gasteiger partial charge in [0.2, 0.25) is 0 Å². The molecule has 0 saturated heterocycles. The third-order valence-electron chi connectivity index (χ3n) is 7.06. The number of carbonyl (C=O) groups is 3.